The van der Waals surface area contributed by atoms with Gasteiger partial charge >= 0.3 is 0 Å². The minimum atomic E-state index is 0.0301. The molecule has 1 aliphatic rings. The fourth-order valence-corrected chi connectivity index (χ4v) is 2.50. The van der Waals surface area contributed by atoms with Crippen LogP contribution in [0.5, 0.6) is 5.75 Å². The summed E-state index contributed by atoms with van der Waals surface area (Å²) in [4.78, 5) is 14.1. The van der Waals surface area contributed by atoms with Crippen LogP contribution in [-0.4, -0.2) is 46.6 Å². The largest absolute Gasteiger partial charge is 0.508 e. The van der Waals surface area contributed by atoms with E-state index in [9.17, 15) is 15.0 Å². The number of carbonyl (C=O) groups is 1. The van der Waals surface area contributed by atoms with Gasteiger partial charge in [0.2, 0.25) is 0 Å². The number of nitrogens with zero attached hydrogens (tertiary/aromatic N) is 1. The van der Waals surface area contributed by atoms with Crippen molar-refractivity contribution in [1.82, 2.24) is 4.90 Å². The smallest absolute Gasteiger partial charge is 0.176 e. The predicted octanol–water partition coefficient (Wildman–Crippen LogP) is 1.28. The minimum Gasteiger partial charge on any atom is -0.508 e. The monoisotopic (exact) mass is 249 g/mol. The highest BCUT2D eigenvalue weighted by Gasteiger charge is 2.31. The Bertz CT molecular complexity index is 416. The molecule has 0 amide bonds. The molecule has 2 atom stereocenters. The highest BCUT2D eigenvalue weighted by molar-refractivity contribution is 5.97. The third-order valence-corrected chi connectivity index (χ3v) is 3.72. The first-order valence-corrected chi connectivity index (χ1v) is 6.29. The van der Waals surface area contributed by atoms with Crippen LogP contribution in [0.1, 0.15) is 23.7 Å². The van der Waals surface area contributed by atoms with E-state index in [2.05, 4.69) is 6.92 Å². The summed E-state index contributed by atoms with van der Waals surface area (Å²) in [5.41, 5.74) is 0.601. The lowest BCUT2D eigenvalue weighted by molar-refractivity contribution is 0.0866. The minimum absolute atomic E-state index is 0.0301. The van der Waals surface area contributed by atoms with Gasteiger partial charge in [0.05, 0.1) is 13.2 Å². The van der Waals surface area contributed by atoms with Crippen LogP contribution in [0.2, 0.25) is 0 Å². The number of aliphatic hydroxyl groups is 1. The molecule has 1 heterocycles. The van der Waals surface area contributed by atoms with Crippen LogP contribution in [0.4, 0.5) is 0 Å². The summed E-state index contributed by atoms with van der Waals surface area (Å²) in [5, 5.41) is 18.5. The average molecular weight is 249 g/mol. The molecule has 1 aliphatic heterocycles. The molecule has 0 aromatic heterocycles. The summed E-state index contributed by atoms with van der Waals surface area (Å²) >= 11 is 0. The van der Waals surface area contributed by atoms with Gasteiger partial charge in [0.15, 0.2) is 5.78 Å². The number of likely N-dealkylation sites (tertiary alicyclic amines) is 1. The third kappa shape index (κ3) is 2.71. The van der Waals surface area contributed by atoms with Crippen molar-refractivity contribution in [2.75, 3.05) is 19.7 Å². The summed E-state index contributed by atoms with van der Waals surface area (Å²) in [5.74, 6) is 0.625. The van der Waals surface area contributed by atoms with Crippen LogP contribution < -0.4 is 0 Å². The number of phenols is 1. The Morgan fingerprint density at radius 2 is 2.06 bits per heavy atom. The predicted molar refractivity (Wildman–Crippen MR) is 68.7 cm³/mol. The SMILES string of the molecule is CC1CCN(CC(=O)c2ccc(O)cc2)C1CO. The van der Waals surface area contributed by atoms with Gasteiger partial charge in [0.1, 0.15) is 5.75 Å². The Morgan fingerprint density at radius 3 is 2.67 bits per heavy atom. The van der Waals surface area contributed by atoms with Crippen LogP contribution in [0.3, 0.4) is 0 Å². The number of Topliss-reactive ketones (excluding diaryl/α,β-unsaturated/α-hetero) is 1. The highest BCUT2D eigenvalue weighted by Crippen LogP contribution is 2.23. The second kappa shape index (κ2) is 5.50. The first-order chi connectivity index (χ1) is 8.61. The normalized spacial score (nSPS) is 24.3. The fraction of sp³-hybridized carbons (Fsp3) is 0.500. The zero-order valence-electron chi connectivity index (χ0n) is 10.5. The molecule has 2 rings (SSSR count). The molecule has 0 bridgehead atoms. The van der Waals surface area contributed by atoms with Gasteiger partial charge in [-0.25, -0.2) is 0 Å². The molecule has 98 valence electrons. The van der Waals surface area contributed by atoms with Crippen molar-refractivity contribution in [3.63, 3.8) is 0 Å². The quantitative estimate of drug-likeness (QED) is 0.789. The molecular formula is C14H19NO3. The standard InChI is InChI=1S/C14H19NO3/c1-10-6-7-15(13(10)9-16)8-14(18)11-2-4-12(17)5-3-11/h2-5,10,13,16-17H,6-9H2,1H3. The molecular weight excluding hydrogens is 230 g/mol. The molecule has 2 unspecified atom stereocenters. The first kappa shape index (κ1) is 13.1. The van der Waals surface area contributed by atoms with E-state index >= 15 is 0 Å². The highest BCUT2D eigenvalue weighted by atomic mass is 16.3. The van der Waals surface area contributed by atoms with Crippen LogP contribution >= 0.6 is 0 Å². The van der Waals surface area contributed by atoms with Crippen molar-refractivity contribution in [1.29, 1.82) is 0 Å². The van der Waals surface area contributed by atoms with Gasteiger partial charge in [0, 0.05) is 11.6 Å². The van der Waals surface area contributed by atoms with Crippen molar-refractivity contribution < 1.29 is 15.0 Å². The summed E-state index contributed by atoms with van der Waals surface area (Å²) < 4.78 is 0. The van der Waals surface area contributed by atoms with Gasteiger partial charge in [-0.1, -0.05) is 6.92 Å². The zero-order valence-corrected chi connectivity index (χ0v) is 10.5. The van der Waals surface area contributed by atoms with Crippen molar-refractivity contribution in [3.8, 4) is 5.75 Å². The maximum absolute atomic E-state index is 12.1. The van der Waals surface area contributed by atoms with Gasteiger partial charge in [-0.05, 0) is 43.1 Å². The maximum atomic E-state index is 12.1. The maximum Gasteiger partial charge on any atom is 0.176 e. The molecule has 2 N–H and O–H groups in total. The van der Waals surface area contributed by atoms with E-state index in [-0.39, 0.29) is 24.2 Å². The average Bonchev–Trinajstić information content (AvgIpc) is 2.70. The number of hydrogen-bond donors (Lipinski definition) is 2. The number of hydrogen-bond acceptors (Lipinski definition) is 4. The molecule has 0 spiro atoms. The lowest BCUT2D eigenvalue weighted by Crippen LogP contribution is -2.38. The van der Waals surface area contributed by atoms with Crippen LogP contribution in [0.25, 0.3) is 0 Å². The van der Waals surface area contributed by atoms with Crippen LogP contribution in [0.15, 0.2) is 24.3 Å². The van der Waals surface area contributed by atoms with E-state index < -0.39 is 0 Å². The van der Waals surface area contributed by atoms with Crippen LogP contribution in [-0.2, 0) is 0 Å². The van der Waals surface area contributed by atoms with Crippen molar-refractivity contribution >= 4 is 5.78 Å². The second-order valence-corrected chi connectivity index (χ2v) is 4.96. The number of benzene rings is 1. The number of aliphatic hydroxyl groups excluding tert-OH is 1. The van der Waals surface area contributed by atoms with Crippen molar-refractivity contribution in [2.24, 2.45) is 5.92 Å². The number of ketones is 1. The van der Waals surface area contributed by atoms with Gasteiger partial charge in [0.25, 0.3) is 0 Å². The molecule has 1 fully saturated rings. The number of carbonyl (C=O) groups excluding carboxylic acids is 1. The van der Waals surface area contributed by atoms with E-state index in [4.69, 9.17) is 0 Å². The molecule has 4 heteroatoms. The zero-order chi connectivity index (χ0) is 13.1. The number of rotatable bonds is 4. The Kier molecular flexibility index (Phi) is 3.99. The number of phenolic OH excluding ortho intramolecular Hbond substituents is 1. The van der Waals surface area contributed by atoms with Gasteiger partial charge in [-0.3, -0.25) is 9.69 Å². The Morgan fingerprint density at radius 1 is 1.39 bits per heavy atom. The fourth-order valence-electron chi connectivity index (χ4n) is 2.50. The molecule has 1 aromatic carbocycles. The number of aromatic hydroxyl groups is 1. The van der Waals surface area contributed by atoms with E-state index in [0.29, 0.717) is 18.0 Å². The van der Waals surface area contributed by atoms with Crippen molar-refractivity contribution in [2.45, 2.75) is 19.4 Å². The summed E-state index contributed by atoms with van der Waals surface area (Å²) in [6, 6.07) is 6.38. The third-order valence-electron chi connectivity index (χ3n) is 3.72. The molecule has 0 aliphatic carbocycles. The topological polar surface area (TPSA) is 60.8 Å². The molecule has 0 saturated carbocycles. The lowest BCUT2D eigenvalue weighted by Gasteiger charge is -2.24. The molecule has 1 aromatic rings. The molecule has 1 saturated heterocycles. The van der Waals surface area contributed by atoms with Crippen molar-refractivity contribution in [3.05, 3.63) is 29.8 Å². The Hall–Kier alpha value is -1.39. The summed E-state index contributed by atoms with van der Waals surface area (Å²) in [6.07, 6.45) is 1.02. The summed E-state index contributed by atoms with van der Waals surface area (Å²) in [7, 11) is 0. The second-order valence-electron chi connectivity index (χ2n) is 4.96. The lowest BCUT2D eigenvalue weighted by atomic mass is 10.0. The Labute approximate surface area is 107 Å². The van der Waals surface area contributed by atoms with E-state index in [0.717, 1.165) is 13.0 Å². The van der Waals surface area contributed by atoms with Gasteiger partial charge < -0.3 is 10.2 Å². The van der Waals surface area contributed by atoms with E-state index in [1.807, 2.05) is 4.90 Å². The van der Waals surface area contributed by atoms with Crippen LogP contribution in [0, 0.1) is 5.92 Å². The van der Waals surface area contributed by atoms with E-state index in [1.165, 1.54) is 12.1 Å². The molecule has 18 heavy (non-hydrogen) atoms. The first-order valence-electron chi connectivity index (χ1n) is 6.29. The van der Waals surface area contributed by atoms with Gasteiger partial charge in [-0.15, -0.1) is 0 Å². The molecule has 4 nitrogen and oxygen atoms in total. The van der Waals surface area contributed by atoms with Gasteiger partial charge in [-0.2, -0.15) is 0 Å². The summed E-state index contributed by atoms with van der Waals surface area (Å²) in [6.45, 7) is 3.40. The molecule has 0 radical (unpaired) electrons. The Balaban J connectivity index is 2.01. The van der Waals surface area contributed by atoms with E-state index in [1.54, 1.807) is 12.1 Å².